The third-order valence-electron chi connectivity index (χ3n) is 5.65. The fraction of sp³-hybridized carbons (Fsp3) is 0.154. The highest BCUT2D eigenvalue weighted by atomic mass is 35.5. The molecular weight excluding hydrogens is 420 g/mol. The van der Waals surface area contributed by atoms with Crippen LogP contribution >= 0.6 is 11.6 Å². The average Bonchev–Trinajstić information content (AvgIpc) is 3.26. The number of fused-ring (bicyclic) bond motifs is 1. The number of halogens is 1. The molecule has 0 saturated carbocycles. The first kappa shape index (κ1) is 20.5. The van der Waals surface area contributed by atoms with E-state index in [0.29, 0.717) is 6.54 Å². The maximum absolute atomic E-state index is 12.1. The Bertz CT molecular complexity index is 1280. The molecule has 0 atom stereocenters. The summed E-state index contributed by atoms with van der Waals surface area (Å²) in [5.41, 5.74) is 7.98. The molecule has 5 rings (SSSR count). The van der Waals surface area contributed by atoms with E-state index in [-0.39, 0.29) is 5.91 Å². The topological polar surface area (TPSA) is 69.8 Å². The summed E-state index contributed by atoms with van der Waals surface area (Å²) in [6.45, 7) is 2.17. The molecular formula is C26H23ClN4O. The number of hydrogen-bond donors (Lipinski definition) is 3. The van der Waals surface area contributed by atoms with Crippen LogP contribution in [0.15, 0.2) is 72.9 Å². The number of carbonyl (C=O) groups excluding carboxylic acids is 1. The zero-order valence-corrected chi connectivity index (χ0v) is 18.2. The number of nitrogens with one attached hydrogen (secondary N) is 3. The molecule has 3 heterocycles. The number of pyridine rings is 1. The minimum atomic E-state index is -0.0130. The molecule has 2 aromatic carbocycles. The molecule has 0 bridgehead atoms. The number of amides is 1. The highest BCUT2D eigenvalue weighted by molar-refractivity contribution is 6.30. The van der Waals surface area contributed by atoms with E-state index in [0.717, 1.165) is 63.9 Å². The van der Waals surface area contributed by atoms with Gasteiger partial charge in [0.15, 0.2) is 0 Å². The highest BCUT2D eigenvalue weighted by Gasteiger charge is 2.20. The Labute approximate surface area is 191 Å². The molecule has 1 aliphatic heterocycles. The van der Waals surface area contributed by atoms with Crippen molar-refractivity contribution in [3.63, 3.8) is 0 Å². The third kappa shape index (κ3) is 4.44. The van der Waals surface area contributed by atoms with Crippen molar-refractivity contribution in [2.75, 3.05) is 6.54 Å². The van der Waals surface area contributed by atoms with E-state index >= 15 is 0 Å². The van der Waals surface area contributed by atoms with Crippen LogP contribution in [0.2, 0.25) is 5.02 Å². The molecule has 6 heteroatoms. The van der Waals surface area contributed by atoms with E-state index < -0.39 is 0 Å². The number of H-pyrrole nitrogens is 1. The van der Waals surface area contributed by atoms with Crippen LogP contribution in [0.25, 0.3) is 22.5 Å². The number of aromatic amines is 1. The van der Waals surface area contributed by atoms with E-state index in [1.807, 2.05) is 36.5 Å². The molecule has 160 valence electrons. The molecule has 1 amide bonds. The number of rotatable bonds is 6. The second-order valence-electron chi connectivity index (χ2n) is 7.94. The fourth-order valence-corrected chi connectivity index (χ4v) is 4.26. The molecule has 2 aromatic heterocycles. The maximum atomic E-state index is 12.1. The molecule has 4 aromatic rings. The van der Waals surface area contributed by atoms with Crippen LogP contribution in [0.5, 0.6) is 0 Å². The second-order valence-corrected chi connectivity index (χ2v) is 8.38. The SMILES string of the molecule is O=C1NCCc2[nH]c(-c3ccnc(-c4cccc(CNCc5cccc(Cl)c5)c4)c3)cc21. The van der Waals surface area contributed by atoms with Gasteiger partial charge in [-0.1, -0.05) is 41.9 Å². The van der Waals surface area contributed by atoms with Gasteiger partial charge in [-0.15, -0.1) is 0 Å². The van der Waals surface area contributed by atoms with Gasteiger partial charge in [-0.3, -0.25) is 9.78 Å². The van der Waals surface area contributed by atoms with Gasteiger partial charge in [-0.25, -0.2) is 0 Å². The van der Waals surface area contributed by atoms with Crippen LogP contribution < -0.4 is 10.6 Å². The summed E-state index contributed by atoms with van der Waals surface area (Å²) < 4.78 is 0. The third-order valence-corrected chi connectivity index (χ3v) is 5.88. The largest absolute Gasteiger partial charge is 0.358 e. The summed E-state index contributed by atoms with van der Waals surface area (Å²) in [7, 11) is 0. The number of aromatic nitrogens is 2. The van der Waals surface area contributed by atoms with E-state index in [2.05, 4.69) is 57.0 Å². The van der Waals surface area contributed by atoms with Gasteiger partial charge in [0.25, 0.3) is 5.91 Å². The van der Waals surface area contributed by atoms with Crippen molar-refractivity contribution in [1.29, 1.82) is 0 Å². The van der Waals surface area contributed by atoms with Crippen molar-refractivity contribution < 1.29 is 4.79 Å². The van der Waals surface area contributed by atoms with Crippen molar-refractivity contribution in [2.24, 2.45) is 0 Å². The molecule has 5 nitrogen and oxygen atoms in total. The van der Waals surface area contributed by atoms with Crippen LogP contribution in [-0.4, -0.2) is 22.4 Å². The number of benzene rings is 2. The molecule has 0 saturated heterocycles. The molecule has 0 radical (unpaired) electrons. The first-order valence-electron chi connectivity index (χ1n) is 10.7. The Balaban J connectivity index is 1.33. The average molecular weight is 443 g/mol. The summed E-state index contributed by atoms with van der Waals surface area (Å²) in [6, 6.07) is 22.2. The Morgan fingerprint density at radius 2 is 1.75 bits per heavy atom. The van der Waals surface area contributed by atoms with Crippen LogP contribution in [0, 0.1) is 0 Å². The number of nitrogens with zero attached hydrogens (tertiary/aromatic N) is 1. The number of carbonyl (C=O) groups is 1. The smallest absolute Gasteiger partial charge is 0.253 e. The number of hydrogen-bond acceptors (Lipinski definition) is 3. The standard InChI is InChI=1S/C26H23ClN4O/c27-21-6-2-4-18(12-21)16-28-15-17-3-1-5-19(11-17)24-13-20(7-9-29-24)25-14-22-23(31-25)8-10-30-26(22)32/h1-7,9,11-14,28,31H,8,10,15-16H2,(H,30,32). The zero-order chi connectivity index (χ0) is 21.9. The Morgan fingerprint density at radius 1 is 0.938 bits per heavy atom. The predicted molar refractivity (Wildman–Crippen MR) is 127 cm³/mol. The van der Waals surface area contributed by atoms with Gasteiger partial charge >= 0.3 is 0 Å². The van der Waals surface area contributed by atoms with Gasteiger partial charge in [0.2, 0.25) is 0 Å². The lowest BCUT2D eigenvalue weighted by Crippen LogP contribution is -2.31. The van der Waals surface area contributed by atoms with Crippen molar-refractivity contribution in [3.05, 3.63) is 100 Å². The minimum Gasteiger partial charge on any atom is -0.358 e. The van der Waals surface area contributed by atoms with Crippen molar-refractivity contribution in [2.45, 2.75) is 19.5 Å². The maximum Gasteiger partial charge on any atom is 0.253 e. The Kier molecular flexibility index (Phi) is 5.75. The van der Waals surface area contributed by atoms with Crippen LogP contribution in [0.4, 0.5) is 0 Å². The van der Waals surface area contributed by atoms with Gasteiger partial charge in [0, 0.05) is 59.8 Å². The Morgan fingerprint density at radius 3 is 2.56 bits per heavy atom. The molecule has 1 aliphatic rings. The lowest BCUT2D eigenvalue weighted by atomic mass is 10.0. The lowest BCUT2D eigenvalue weighted by molar-refractivity contribution is 0.0946. The monoisotopic (exact) mass is 442 g/mol. The van der Waals surface area contributed by atoms with Crippen LogP contribution in [-0.2, 0) is 19.5 Å². The molecule has 0 spiro atoms. The molecule has 0 aliphatic carbocycles. The highest BCUT2D eigenvalue weighted by Crippen LogP contribution is 2.27. The first-order valence-corrected chi connectivity index (χ1v) is 11.0. The summed E-state index contributed by atoms with van der Waals surface area (Å²) in [6.07, 6.45) is 2.64. The second kappa shape index (κ2) is 8.99. The lowest BCUT2D eigenvalue weighted by Gasteiger charge is -2.11. The van der Waals surface area contributed by atoms with Crippen LogP contribution in [0.1, 0.15) is 27.2 Å². The van der Waals surface area contributed by atoms with Gasteiger partial charge in [-0.05, 0) is 47.5 Å². The molecule has 3 N–H and O–H groups in total. The van der Waals surface area contributed by atoms with Gasteiger partial charge in [0.1, 0.15) is 0 Å². The summed E-state index contributed by atoms with van der Waals surface area (Å²) in [5, 5.41) is 7.11. The van der Waals surface area contributed by atoms with Crippen molar-refractivity contribution >= 4 is 17.5 Å². The minimum absolute atomic E-state index is 0.0130. The van der Waals surface area contributed by atoms with Gasteiger partial charge in [0.05, 0.1) is 11.3 Å². The van der Waals surface area contributed by atoms with E-state index in [1.54, 1.807) is 0 Å². The van der Waals surface area contributed by atoms with Gasteiger partial charge in [-0.2, -0.15) is 0 Å². The predicted octanol–water partition coefficient (Wildman–Crippen LogP) is 4.97. The van der Waals surface area contributed by atoms with Crippen molar-refractivity contribution in [1.82, 2.24) is 20.6 Å². The zero-order valence-electron chi connectivity index (χ0n) is 17.5. The molecule has 32 heavy (non-hydrogen) atoms. The molecule has 0 unspecified atom stereocenters. The Hall–Kier alpha value is -3.41. The van der Waals surface area contributed by atoms with E-state index in [4.69, 9.17) is 11.6 Å². The fourth-order valence-electron chi connectivity index (χ4n) is 4.04. The van der Waals surface area contributed by atoms with Crippen molar-refractivity contribution in [3.8, 4) is 22.5 Å². The first-order chi connectivity index (χ1) is 15.7. The molecule has 0 fully saturated rings. The quantitative estimate of drug-likeness (QED) is 0.394. The summed E-state index contributed by atoms with van der Waals surface area (Å²) >= 11 is 6.07. The van der Waals surface area contributed by atoms with Crippen LogP contribution in [0.3, 0.4) is 0 Å². The van der Waals surface area contributed by atoms with Gasteiger partial charge < -0.3 is 15.6 Å². The van der Waals surface area contributed by atoms with E-state index in [9.17, 15) is 4.79 Å². The normalized spacial score (nSPS) is 13.0. The summed E-state index contributed by atoms with van der Waals surface area (Å²) in [5.74, 6) is -0.0130. The van der Waals surface area contributed by atoms with E-state index in [1.165, 1.54) is 5.56 Å². The summed E-state index contributed by atoms with van der Waals surface area (Å²) in [4.78, 5) is 20.1.